The predicted molar refractivity (Wildman–Crippen MR) is 112 cm³/mol. The normalized spacial score (nSPS) is 13.7. The highest BCUT2D eigenvalue weighted by atomic mass is 32.1. The number of aliphatic imine (C=N–C) groups is 1. The monoisotopic (exact) mass is 410 g/mol. The number of nitrogens with zero attached hydrogens (tertiary/aromatic N) is 2. The molecule has 2 aromatic carbocycles. The van der Waals surface area contributed by atoms with Gasteiger partial charge in [0.15, 0.2) is 3.95 Å². The van der Waals surface area contributed by atoms with Crippen molar-refractivity contribution in [3.8, 4) is 17.3 Å². The average molecular weight is 410 g/mol. The number of carboxylic acid groups (broad SMARTS) is 1. The van der Waals surface area contributed by atoms with Gasteiger partial charge in [-0.05, 0) is 60.8 Å². The van der Waals surface area contributed by atoms with E-state index in [1.807, 2.05) is 24.3 Å². The zero-order valence-corrected chi connectivity index (χ0v) is 16.3. The molecule has 0 atom stereocenters. The predicted octanol–water partition coefficient (Wildman–Crippen LogP) is 4.94. The van der Waals surface area contributed by atoms with Gasteiger partial charge in [0.1, 0.15) is 5.75 Å². The largest absolute Gasteiger partial charge is 0.497 e. The van der Waals surface area contributed by atoms with Crippen LogP contribution in [0.3, 0.4) is 0 Å². The average Bonchev–Trinajstić information content (AvgIpc) is 3.22. The van der Waals surface area contributed by atoms with Gasteiger partial charge in [0.2, 0.25) is 5.88 Å². The molecule has 1 aliphatic heterocycles. The van der Waals surface area contributed by atoms with Crippen molar-refractivity contribution in [1.29, 1.82) is 0 Å². The molecule has 28 heavy (non-hydrogen) atoms. The number of aromatic carboxylic acids is 1. The number of ether oxygens (including phenoxy) is 1. The van der Waals surface area contributed by atoms with Crippen LogP contribution in [0, 0.1) is 3.95 Å². The number of benzene rings is 2. The fourth-order valence-electron chi connectivity index (χ4n) is 2.91. The number of fused-ring (bicyclic) bond motifs is 1. The van der Waals surface area contributed by atoms with Crippen LogP contribution in [0.4, 0.5) is 5.69 Å². The van der Waals surface area contributed by atoms with Gasteiger partial charge >= 0.3 is 5.97 Å². The van der Waals surface area contributed by atoms with Gasteiger partial charge in [-0.1, -0.05) is 0 Å². The first kappa shape index (κ1) is 18.1. The molecule has 0 radical (unpaired) electrons. The third-order valence-electron chi connectivity index (χ3n) is 4.33. The van der Waals surface area contributed by atoms with Gasteiger partial charge in [-0.15, -0.1) is 11.3 Å². The highest BCUT2D eigenvalue weighted by Gasteiger charge is 2.17. The Morgan fingerprint density at radius 2 is 2.00 bits per heavy atom. The Bertz CT molecular complexity index is 1200. The number of hydrogen-bond donors (Lipinski definition) is 2. The second-order valence-corrected chi connectivity index (χ2v) is 7.66. The minimum atomic E-state index is -1.01. The van der Waals surface area contributed by atoms with Crippen LogP contribution >= 0.6 is 23.6 Å². The van der Waals surface area contributed by atoms with Crippen LogP contribution in [0.25, 0.3) is 17.3 Å². The van der Waals surface area contributed by atoms with Crippen molar-refractivity contribution in [2.45, 2.75) is 0 Å². The van der Waals surface area contributed by atoms with Crippen molar-refractivity contribution in [2.24, 2.45) is 4.99 Å². The number of allylic oxidation sites excluding steroid dienone is 1. The second-order valence-electron chi connectivity index (χ2n) is 5.98. The van der Waals surface area contributed by atoms with E-state index in [0.29, 0.717) is 14.5 Å². The van der Waals surface area contributed by atoms with E-state index in [0.717, 1.165) is 22.6 Å². The van der Waals surface area contributed by atoms with E-state index in [4.69, 9.17) is 22.1 Å². The van der Waals surface area contributed by atoms with Crippen molar-refractivity contribution in [1.82, 2.24) is 4.57 Å². The lowest BCUT2D eigenvalue weighted by Gasteiger charge is -2.06. The Labute approximate surface area is 169 Å². The molecule has 1 aromatic heterocycles. The van der Waals surface area contributed by atoms with Crippen molar-refractivity contribution in [2.75, 3.05) is 7.11 Å². The van der Waals surface area contributed by atoms with E-state index in [-0.39, 0.29) is 11.4 Å². The van der Waals surface area contributed by atoms with Gasteiger partial charge in [0.05, 0.1) is 28.9 Å². The summed E-state index contributed by atoms with van der Waals surface area (Å²) in [4.78, 5) is 16.0. The zero-order chi connectivity index (χ0) is 19.8. The van der Waals surface area contributed by atoms with E-state index in [1.165, 1.54) is 28.0 Å². The number of aromatic nitrogens is 1. The summed E-state index contributed by atoms with van der Waals surface area (Å²) in [5.74, 6) is -0.289. The molecular formula is C20H14N2O4S2. The third-order valence-corrected chi connectivity index (χ3v) is 5.64. The van der Waals surface area contributed by atoms with Crippen LogP contribution in [0.15, 0.2) is 47.5 Å². The van der Waals surface area contributed by atoms with Gasteiger partial charge in [-0.2, -0.15) is 0 Å². The van der Waals surface area contributed by atoms with Gasteiger partial charge in [-0.25, -0.2) is 4.79 Å². The number of carbonyl (C=O) groups is 1. The summed E-state index contributed by atoms with van der Waals surface area (Å²) >= 11 is 6.67. The molecular weight excluding hydrogens is 396 g/mol. The Hall–Kier alpha value is -3.23. The number of thiazole rings is 1. The van der Waals surface area contributed by atoms with E-state index in [1.54, 1.807) is 25.5 Å². The van der Waals surface area contributed by atoms with Crippen LogP contribution in [0.1, 0.15) is 20.8 Å². The topological polar surface area (TPSA) is 84.0 Å². The first-order valence-corrected chi connectivity index (χ1v) is 9.43. The Morgan fingerprint density at radius 3 is 2.68 bits per heavy atom. The second kappa shape index (κ2) is 7.06. The molecule has 4 rings (SSSR count). The minimum absolute atomic E-state index is 0.00433. The Kier molecular flexibility index (Phi) is 4.58. The number of methoxy groups -OCH3 is 1. The Morgan fingerprint density at radius 1 is 1.25 bits per heavy atom. The summed E-state index contributed by atoms with van der Waals surface area (Å²) in [5.41, 5.74) is 3.35. The first-order chi connectivity index (χ1) is 13.5. The van der Waals surface area contributed by atoms with E-state index < -0.39 is 5.97 Å². The number of hydrogen-bond acceptors (Lipinski definition) is 6. The molecule has 0 saturated carbocycles. The van der Waals surface area contributed by atoms with Crippen LogP contribution in [-0.4, -0.2) is 34.1 Å². The maximum Gasteiger partial charge on any atom is 0.335 e. The maximum absolute atomic E-state index is 11.0. The summed E-state index contributed by atoms with van der Waals surface area (Å²) in [7, 11) is 1.61. The van der Waals surface area contributed by atoms with Crippen LogP contribution in [0.5, 0.6) is 11.6 Å². The molecule has 0 spiro atoms. The van der Waals surface area contributed by atoms with Gasteiger partial charge in [-0.3, -0.25) is 9.56 Å². The highest BCUT2D eigenvalue weighted by molar-refractivity contribution is 7.73. The lowest BCUT2D eigenvalue weighted by atomic mass is 10.1. The fraction of sp³-hybridized carbons (Fsp3) is 0.0500. The summed E-state index contributed by atoms with van der Waals surface area (Å²) in [6.07, 6.45) is 3.56. The maximum atomic E-state index is 11.0. The summed E-state index contributed by atoms with van der Waals surface area (Å²) in [5, 5.41) is 19.8. The zero-order valence-electron chi connectivity index (χ0n) is 14.6. The lowest BCUT2D eigenvalue weighted by Crippen LogP contribution is -1.98. The molecule has 8 heteroatoms. The standard InChI is InChI=1S/C20H14N2O4S2/c1-26-14-6-7-16-15(9-14)12(10-21-16)8-17-18(23)22(20(27)28-17)13-4-2-11(3-5-13)19(24)25/h2-10,23H,1H3,(H,24,25)/b12-8+. The third kappa shape index (κ3) is 3.12. The van der Waals surface area contributed by atoms with Crippen LogP contribution < -0.4 is 4.74 Å². The summed E-state index contributed by atoms with van der Waals surface area (Å²) in [6.45, 7) is 0. The van der Waals surface area contributed by atoms with Crippen molar-refractivity contribution in [3.05, 3.63) is 62.4 Å². The van der Waals surface area contributed by atoms with Gasteiger partial charge in [0.25, 0.3) is 0 Å². The SMILES string of the molecule is COc1ccc2c(c1)/C(=C/c1sc(=S)n(-c3ccc(C(=O)O)cc3)c1O)C=N2. The van der Waals surface area contributed by atoms with Crippen LogP contribution in [0.2, 0.25) is 0 Å². The number of rotatable bonds is 4. The quantitative estimate of drug-likeness (QED) is 0.596. The molecule has 2 heterocycles. The molecule has 140 valence electrons. The molecule has 0 bridgehead atoms. The number of aromatic hydroxyl groups is 1. The van der Waals surface area contributed by atoms with Crippen molar-refractivity contribution < 1.29 is 19.7 Å². The molecule has 0 unspecified atom stereocenters. The Balaban J connectivity index is 1.76. The molecule has 0 amide bonds. The molecule has 0 fully saturated rings. The molecule has 3 aromatic rings. The highest BCUT2D eigenvalue weighted by Crippen LogP contribution is 2.38. The first-order valence-electron chi connectivity index (χ1n) is 8.20. The van der Waals surface area contributed by atoms with E-state index in [9.17, 15) is 9.90 Å². The molecule has 0 saturated heterocycles. The van der Waals surface area contributed by atoms with E-state index >= 15 is 0 Å². The summed E-state index contributed by atoms with van der Waals surface area (Å²) in [6, 6.07) is 11.8. The number of carboxylic acids is 1. The minimum Gasteiger partial charge on any atom is -0.497 e. The summed E-state index contributed by atoms with van der Waals surface area (Å²) < 4.78 is 7.24. The van der Waals surface area contributed by atoms with Crippen molar-refractivity contribution in [3.63, 3.8) is 0 Å². The fourth-order valence-corrected chi connectivity index (χ4v) is 4.21. The van der Waals surface area contributed by atoms with Gasteiger partial charge in [0, 0.05) is 17.4 Å². The smallest absolute Gasteiger partial charge is 0.335 e. The van der Waals surface area contributed by atoms with Crippen LogP contribution in [-0.2, 0) is 0 Å². The van der Waals surface area contributed by atoms with E-state index in [2.05, 4.69) is 4.99 Å². The van der Waals surface area contributed by atoms with Gasteiger partial charge < -0.3 is 14.9 Å². The molecule has 1 aliphatic rings. The molecule has 2 N–H and O–H groups in total. The molecule has 0 aliphatic carbocycles. The molecule has 6 nitrogen and oxygen atoms in total. The van der Waals surface area contributed by atoms with Crippen molar-refractivity contribution >= 4 is 53.1 Å². The lowest BCUT2D eigenvalue weighted by molar-refractivity contribution is 0.0697.